The first-order valence-corrected chi connectivity index (χ1v) is 13.1. The van der Waals surface area contributed by atoms with Gasteiger partial charge in [-0.25, -0.2) is 0 Å². The lowest BCUT2D eigenvalue weighted by Gasteiger charge is -2.46. The van der Waals surface area contributed by atoms with E-state index in [1.165, 1.54) is 6.42 Å². The summed E-state index contributed by atoms with van der Waals surface area (Å²) < 4.78 is 10.6. The van der Waals surface area contributed by atoms with Gasteiger partial charge in [-0.2, -0.15) is 0 Å². The van der Waals surface area contributed by atoms with Crippen molar-refractivity contribution in [3.05, 3.63) is 0 Å². The number of fused-ring (bicyclic) bond motifs is 4. The summed E-state index contributed by atoms with van der Waals surface area (Å²) in [4.78, 5) is 37.3. The molecule has 0 radical (unpaired) electrons. The highest BCUT2D eigenvalue weighted by atomic mass is 16.6. The van der Waals surface area contributed by atoms with Crippen LogP contribution in [0.1, 0.15) is 73.1 Å². The Kier molecular flexibility index (Phi) is 5.70. The molecular formula is C27H40O6. The highest BCUT2D eigenvalue weighted by molar-refractivity contribution is 5.96. The highest BCUT2D eigenvalue weighted by Crippen LogP contribution is 2.67. The number of esters is 3. The molecule has 0 aromatic rings. The summed E-state index contributed by atoms with van der Waals surface area (Å²) in [5.74, 6) is 2.10. The molecule has 0 aromatic carbocycles. The number of hydrogen-bond donors (Lipinski definition) is 1. The van der Waals surface area contributed by atoms with E-state index in [1.807, 2.05) is 27.7 Å². The van der Waals surface area contributed by atoms with Gasteiger partial charge in [-0.05, 0) is 106 Å². The lowest BCUT2D eigenvalue weighted by atomic mass is 9.58. The first-order valence-electron chi connectivity index (χ1n) is 13.1. The zero-order chi connectivity index (χ0) is 23.8. The number of ether oxygens (including phenoxy) is 2. The van der Waals surface area contributed by atoms with E-state index in [-0.39, 0.29) is 48.0 Å². The van der Waals surface area contributed by atoms with E-state index in [1.54, 1.807) is 0 Å². The summed E-state index contributed by atoms with van der Waals surface area (Å²) in [5.41, 5.74) is -0.553. The minimum atomic E-state index is -0.682. The van der Waals surface area contributed by atoms with Crippen LogP contribution in [0.2, 0.25) is 0 Å². The van der Waals surface area contributed by atoms with Gasteiger partial charge < -0.3 is 14.6 Å². The van der Waals surface area contributed by atoms with Crippen LogP contribution < -0.4 is 0 Å². The molecule has 12 atom stereocenters. The van der Waals surface area contributed by atoms with Crippen LogP contribution in [0.4, 0.5) is 0 Å². The van der Waals surface area contributed by atoms with Crippen molar-refractivity contribution in [3.8, 4) is 0 Å². The summed E-state index contributed by atoms with van der Waals surface area (Å²) in [6.07, 6.45) is 4.96. The number of carbonyl (C=O) groups excluding carboxylic acids is 3. The second-order valence-electron chi connectivity index (χ2n) is 12.9. The fraction of sp³-hybridized carbons (Fsp3) is 0.889. The van der Waals surface area contributed by atoms with E-state index in [2.05, 4.69) is 6.92 Å². The quantitative estimate of drug-likeness (QED) is 0.493. The van der Waals surface area contributed by atoms with Gasteiger partial charge in [0.25, 0.3) is 0 Å². The standard InChI is InChI=1S/C27H40O6/c1-12-16-9-17(19(28)11-20(29)33-27(3,4)5)18(10-16)21(12)23-14-6-7-15(8-14)24(23)22-13(2)25(30)32-26(22)31/h12-19,21-24,28H,6-11H2,1-5H3. The predicted octanol–water partition coefficient (Wildman–Crippen LogP) is 3.99. The molecule has 0 aromatic heterocycles. The number of aliphatic hydroxyl groups excluding tert-OH is 1. The lowest BCUT2D eigenvalue weighted by Crippen LogP contribution is -2.45. The second kappa shape index (κ2) is 8.07. The summed E-state index contributed by atoms with van der Waals surface area (Å²) in [6, 6.07) is 0. The maximum absolute atomic E-state index is 12.7. The Bertz CT molecular complexity index is 829. The molecule has 6 nitrogen and oxygen atoms in total. The summed E-state index contributed by atoms with van der Waals surface area (Å²) in [6.45, 7) is 9.76. The molecule has 4 aliphatic carbocycles. The third-order valence-electron chi connectivity index (χ3n) is 10.1. The minimum Gasteiger partial charge on any atom is -0.460 e. The summed E-state index contributed by atoms with van der Waals surface area (Å²) >= 11 is 0. The number of aliphatic hydroxyl groups is 1. The van der Waals surface area contributed by atoms with Crippen LogP contribution in [0.25, 0.3) is 0 Å². The van der Waals surface area contributed by atoms with E-state index in [4.69, 9.17) is 9.47 Å². The molecule has 5 aliphatic rings. The third-order valence-corrected chi connectivity index (χ3v) is 10.1. The SMILES string of the molecule is CC1C(=O)OC(=O)C1C1C2CCC(C2)C1C1C(C)C2CC(C(O)CC(=O)OC(C)(C)C)C1C2. The van der Waals surface area contributed by atoms with Crippen LogP contribution in [-0.2, 0) is 23.9 Å². The fourth-order valence-electron chi connectivity index (χ4n) is 9.09. The molecule has 1 aliphatic heterocycles. The smallest absolute Gasteiger partial charge is 0.317 e. The van der Waals surface area contributed by atoms with E-state index in [9.17, 15) is 19.5 Å². The van der Waals surface area contributed by atoms with Crippen molar-refractivity contribution >= 4 is 17.9 Å². The van der Waals surface area contributed by atoms with Crippen LogP contribution in [0, 0.1) is 65.1 Å². The number of carbonyl (C=O) groups is 3. The topological polar surface area (TPSA) is 89.9 Å². The molecular weight excluding hydrogens is 420 g/mol. The molecule has 1 heterocycles. The largest absolute Gasteiger partial charge is 0.460 e. The van der Waals surface area contributed by atoms with Gasteiger partial charge in [0.05, 0.1) is 24.4 Å². The van der Waals surface area contributed by atoms with Crippen molar-refractivity contribution in [3.63, 3.8) is 0 Å². The van der Waals surface area contributed by atoms with Gasteiger partial charge in [-0.15, -0.1) is 0 Å². The Hall–Kier alpha value is -1.43. The van der Waals surface area contributed by atoms with Gasteiger partial charge in [0, 0.05) is 0 Å². The second-order valence-corrected chi connectivity index (χ2v) is 12.9. The van der Waals surface area contributed by atoms with E-state index >= 15 is 0 Å². The Morgan fingerprint density at radius 1 is 1.00 bits per heavy atom. The Morgan fingerprint density at radius 3 is 2.24 bits per heavy atom. The molecule has 0 spiro atoms. The van der Waals surface area contributed by atoms with Gasteiger partial charge in [0.2, 0.25) is 0 Å². The molecule has 1 saturated heterocycles. The number of rotatable bonds is 5. The molecule has 5 rings (SSSR count). The Labute approximate surface area is 197 Å². The third kappa shape index (κ3) is 3.84. The average Bonchev–Trinajstić information content (AvgIpc) is 3.48. The van der Waals surface area contributed by atoms with Crippen molar-refractivity contribution in [2.24, 2.45) is 65.1 Å². The molecule has 184 valence electrons. The lowest BCUT2D eigenvalue weighted by molar-refractivity contribution is -0.159. The van der Waals surface area contributed by atoms with Gasteiger partial charge in [0.1, 0.15) is 5.60 Å². The Morgan fingerprint density at radius 2 is 1.67 bits per heavy atom. The van der Waals surface area contributed by atoms with E-state index in [0.29, 0.717) is 41.4 Å². The van der Waals surface area contributed by atoms with Gasteiger partial charge in [-0.1, -0.05) is 13.8 Å². The highest BCUT2D eigenvalue weighted by Gasteiger charge is 2.64. The molecule has 4 saturated carbocycles. The van der Waals surface area contributed by atoms with Crippen LogP contribution >= 0.6 is 0 Å². The molecule has 0 amide bonds. The van der Waals surface area contributed by atoms with Gasteiger partial charge >= 0.3 is 17.9 Å². The van der Waals surface area contributed by atoms with Crippen molar-refractivity contribution in [1.29, 1.82) is 0 Å². The van der Waals surface area contributed by atoms with Gasteiger partial charge in [-0.3, -0.25) is 14.4 Å². The zero-order valence-electron chi connectivity index (χ0n) is 20.7. The molecule has 6 heteroatoms. The van der Waals surface area contributed by atoms with E-state index < -0.39 is 11.7 Å². The number of hydrogen-bond acceptors (Lipinski definition) is 6. The molecule has 12 unspecified atom stereocenters. The fourth-order valence-corrected chi connectivity index (χ4v) is 9.09. The van der Waals surface area contributed by atoms with Crippen molar-refractivity contribution in [1.82, 2.24) is 0 Å². The first-order chi connectivity index (χ1) is 15.5. The number of cyclic esters (lactones) is 2. The van der Waals surface area contributed by atoms with Gasteiger partial charge in [0.15, 0.2) is 0 Å². The summed E-state index contributed by atoms with van der Waals surface area (Å²) in [5, 5.41) is 11.1. The van der Waals surface area contributed by atoms with Crippen molar-refractivity contribution < 1.29 is 29.0 Å². The maximum Gasteiger partial charge on any atom is 0.317 e. The van der Waals surface area contributed by atoms with E-state index in [0.717, 1.165) is 25.7 Å². The monoisotopic (exact) mass is 460 g/mol. The minimum absolute atomic E-state index is 0.0485. The van der Waals surface area contributed by atoms with Crippen LogP contribution in [0.15, 0.2) is 0 Å². The molecule has 33 heavy (non-hydrogen) atoms. The van der Waals surface area contributed by atoms with Crippen molar-refractivity contribution in [2.45, 2.75) is 84.8 Å². The van der Waals surface area contributed by atoms with Crippen LogP contribution in [-0.4, -0.2) is 34.7 Å². The van der Waals surface area contributed by atoms with Crippen LogP contribution in [0.5, 0.6) is 0 Å². The van der Waals surface area contributed by atoms with Crippen molar-refractivity contribution in [2.75, 3.05) is 0 Å². The molecule has 1 N–H and O–H groups in total. The Balaban J connectivity index is 1.36. The first kappa shape index (κ1) is 23.3. The predicted molar refractivity (Wildman–Crippen MR) is 120 cm³/mol. The molecule has 4 bridgehead atoms. The summed E-state index contributed by atoms with van der Waals surface area (Å²) in [7, 11) is 0. The van der Waals surface area contributed by atoms with Crippen LogP contribution in [0.3, 0.4) is 0 Å². The maximum atomic E-state index is 12.7. The average molecular weight is 461 g/mol. The normalized spacial score (nSPS) is 47.3. The molecule has 5 fully saturated rings. The zero-order valence-corrected chi connectivity index (χ0v) is 20.7.